The topological polar surface area (TPSA) is 29.5 Å². The molecule has 110 valence electrons. The summed E-state index contributed by atoms with van der Waals surface area (Å²) >= 11 is 0. The van der Waals surface area contributed by atoms with E-state index in [2.05, 4.69) is 0 Å². The van der Waals surface area contributed by atoms with Gasteiger partial charge in [0, 0.05) is 19.2 Å². The van der Waals surface area contributed by atoms with Gasteiger partial charge in [0.15, 0.2) is 0 Å². The fourth-order valence-electron chi connectivity index (χ4n) is 2.61. The average molecular weight is 283 g/mol. The molecule has 1 fully saturated rings. The number of carbonyl (C=O) groups excluding carboxylic acids is 1. The van der Waals surface area contributed by atoms with Crippen LogP contribution in [0.2, 0.25) is 0 Å². The molecule has 0 radical (unpaired) electrons. The van der Waals surface area contributed by atoms with E-state index in [1.54, 1.807) is 6.92 Å². The van der Waals surface area contributed by atoms with Crippen LogP contribution in [0.15, 0.2) is 18.2 Å². The summed E-state index contributed by atoms with van der Waals surface area (Å²) in [7, 11) is 0. The first-order chi connectivity index (χ1) is 9.58. The molecule has 1 heterocycles. The Morgan fingerprint density at radius 1 is 1.35 bits per heavy atom. The van der Waals surface area contributed by atoms with E-state index < -0.39 is 11.6 Å². The zero-order valence-corrected chi connectivity index (χ0v) is 11.6. The minimum atomic E-state index is -0.570. The van der Waals surface area contributed by atoms with Crippen LogP contribution in [0.25, 0.3) is 0 Å². The number of likely N-dealkylation sites (tertiary alicyclic amines) is 1. The number of ether oxygens (including phenoxy) is 1. The van der Waals surface area contributed by atoms with Crippen LogP contribution >= 0.6 is 0 Å². The Balaban J connectivity index is 1.97. The van der Waals surface area contributed by atoms with Gasteiger partial charge in [0.05, 0.1) is 12.5 Å². The van der Waals surface area contributed by atoms with Crippen LogP contribution in [0.4, 0.5) is 8.78 Å². The molecule has 3 nitrogen and oxygen atoms in total. The second kappa shape index (κ2) is 6.79. The van der Waals surface area contributed by atoms with E-state index in [9.17, 15) is 13.6 Å². The minimum Gasteiger partial charge on any atom is -0.466 e. The predicted octanol–water partition coefficient (Wildman–Crippen LogP) is 2.74. The van der Waals surface area contributed by atoms with Gasteiger partial charge in [-0.15, -0.1) is 0 Å². The first-order valence-electron chi connectivity index (χ1n) is 6.92. The first kappa shape index (κ1) is 14.9. The van der Waals surface area contributed by atoms with Gasteiger partial charge in [-0.1, -0.05) is 0 Å². The molecule has 1 aromatic carbocycles. The monoisotopic (exact) mass is 283 g/mol. The summed E-state index contributed by atoms with van der Waals surface area (Å²) in [6.07, 6.45) is 1.70. The number of piperidine rings is 1. The van der Waals surface area contributed by atoms with E-state index in [1.807, 2.05) is 4.90 Å². The lowest BCUT2D eigenvalue weighted by atomic mass is 9.97. The number of nitrogens with zero attached hydrogens (tertiary/aromatic N) is 1. The van der Waals surface area contributed by atoms with Crippen LogP contribution in [-0.4, -0.2) is 30.6 Å². The molecule has 2 rings (SSSR count). The molecular formula is C15H19F2NO2. The molecule has 0 saturated carbocycles. The summed E-state index contributed by atoms with van der Waals surface area (Å²) in [6, 6.07) is 3.52. The molecule has 1 aliphatic rings. The molecule has 0 bridgehead atoms. The molecule has 0 spiro atoms. The van der Waals surface area contributed by atoms with Crippen LogP contribution in [0.3, 0.4) is 0 Å². The quantitative estimate of drug-likeness (QED) is 0.796. The number of hydrogen-bond donors (Lipinski definition) is 0. The molecule has 20 heavy (non-hydrogen) atoms. The fraction of sp³-hybridized carbons (Fsp3) is 0.533. The van der Waals surface area contributed by atoms with E-state index in [0.29, 0.717) is 25.3 Å². The van der Waals surface area contributed by atoms with Crippen LogP contribution in [0, 0.1) is 17.6 Å². The van der Waals surface area contributed by atoms with Gasteiger partial charge >= 0.3 is 5.97 Å². The smallest absolute Gasteiger partial charge is 0.310 e. The number of carbonyl (C=O) groups is 1. The van der Waals surface area contributed by atoms with E-state index in [1.165, 1.54) is 12.1 Å². The van der Waals surface area contributed by atoms with Gasteiger partial charge in [0.1, 0.15) is 11.6 Å². The Hall–Kier alpha value is -1.49. The second-order valence-electron chi connectivity index (χ2n) is 5.10. The summed E-state index contributed by atoms with van der Waals surface area (Å²) in [4.78, 5) is 13.8. The maximum atomic E-state index is 13.2. The molecule has 1 aliphatic heterocycles. The number of benzene rings is 1. The van der Waals surface area contributed by atoms with Crippen molar-refractivity contribution in [2.75, 3.05) is 19.7 Å². The van der Waals surface area contributed by atoms with Crippen molar-refractivity contribution >= 4 is 5.97 Å². The molecule has 0 N–H and O–H groups in total. The maximum absolute atomic E-state index is 13.2. The highest BCUT2D eigenvalue weighted by atomic mass is 19.1. The number of esters is 1. The summed E-state index contributed by atoms with van der Waals surface area (Å²) in [5.41, 5.74) is 0.590. The van der Waals surface area contributed by atoms with E-state index in [0.717, 1.165) is 25.5 Å². The molecule has 5 heteroatoms. The summed E-state index contributed by atoms with van der Waals surface area (Å²) in [5, 5.41) is 0. The van der Waals surface area contributed by atoms with Crippen LogP contribution in [-0.2, 0) is 16.1 Å². The molecule has 0 aliphatic carbocycles. The molecule has 0 aromatic heterocycles. The van der Waals surface area contributed by atoms with Crippen molar-refractivity contribution in [1.82, 2.24) is 4.90 Å². The highest BCUT2D eigenvalue weighted by Crippen LogP contribution is 2.20. The highest BCUT2D eigenvalue weighted by molar-refractivity contribution is 5.72. The molecule has 0 amide bonds. The Morgan fingerprint density at radius 2 is 2.05 bits per heavy atom. The number of hydrogen-bond acceptors (Lipinski definition) is 3. The summed E-state index contributed by atoms with van der Waals surface area (Å²) in [5.74, 6) is -1.46. The third kappa shape index (κ3) is 4.00. The molecular weight excluding hydrogens is 264 g/mol. The number of halogens is 2. The average Bonchev–Trinajstić information content (AvgIpc) is 2.38. The Labute approximate surface area is 117 Å². The third-order valence-electron chi connectivity index (χ3n) is 3.45. The third-order valence-corrected chi connectivity index (χ3v) is 3.45. The van der Waals surface area contributed by atoms with Crippen molar-refractivity contribution in [2.45, 2.75) is 26.3 Å². The van der Waals surface area contributed by atoms with Crippen molar-refractivity contribution in [3.05, 3.63) is 35.4 Å². The summed E-state index contributed by atoms with van der Waals surface area (Å²) < 4.78 is 31.3. The molecule has 1 saturated heterocycles. The van der Waals surface area contributed by atoms with Gasteiger partial charge < -0.3 is 4.74 Å². The normalized spacial score (nSPS) is 19.9. The largest absolute Gasteiger partial charge is 0.466 e. The first-order valence-corrected chi connectivity index (χ1v) is 6.92. The molecule has 1 atom stereocenters. The Morgan fingerprint density at radius 3 is 2.70 bits per heavy atom. The van der Waals surface area contributed by atoms with Gasteiger partial charge in [-0.05, 0) is 44.0 Å². The zero-order valence-electron chi connectivity index (χ0n) is 11.6. The van der Waals surface area contributed by atoms with Crippen LogP contribution in [0.5, 0.6) is 0 Å². The van der Waals surface area contributed by atoms with Gasteiger partial charge in [-0.3, -0.25) is 9.69 Å². The molecule has 1 aromatic rings. The predicted molar refractivity (Wildman–Crippen MR) is 71.0 cm³/mol. The highest BCUT2D eigenvalue weighted by Gasteiger charge is 2.26. The Bertz CT molecular complexity index is 459. The van der Waals surface area contributed by atoms with Crippen molar-refractivity contribution in [3.63, 3.8) is 0 Å². The van der Waals surface area contributed by atoms with Gasteiger partial charge in [0.2, 0.25) is 0 Å². The Kier molecular flexibility index (Phi) is 5.06. The van der Waals surface area contributed by atoms with E-state index >= 15 is 0 Å². The SMILES string of the molecule is CCOC(=O)[C@H]1CCCN(Cc2cc(F)cc(F)c2)C1. The summed E-state index contributed by atoms with van der Waals surface area (Å²) in [6.45, 7) is 4.02. The lowest BCUT2D eigenvalue weighted by Crippen LogP contribution is -2.38. The fourth-order valence-corrected chi connectivity index (χ4v) is 2.61. The van der Waals surface area contributed by atoms with Crippen molar-refractivity contribution < 1.29 is 18.3 Å². The van der Waals surface area contributed by atoms with Crippen molar-refractivity contribution in [1.29, 1.82) is 0 Å². The van der Waals surface area contributed by atoms with E-state index in [4.69, 9.17) is 4.74 Å². The maximum Gasteiger partial charge on any atom is 0.310 e. The van der Waals surface area contributed by atoms with Gasteiger partial charge in [0.25, 0.3) is 0 Å². The van der Waals surface area contributed by atoms with Crippen LogP contribution < -0.4 is 0 Å². The van der Waals surface area contributed by atoms with Gasteiger partial charge in [-0.25, -0.2) is 8.78 Å². The van der Waals surface area contributed by atoms with E-state index in [-0.39, 0.29) is 11.9 Å². The standard InChI is InChI=1S/C15H19F2NO2/c1-2-20-15(19)12-4-3-5-18(10-12)9-11-6-13(16)8-14(17)7-11/h6-8,12H,2-5,9-10H2,1H3/t12-/m0/s1. The van der Waals surface area contributed by atoms with Crippen molar-refractivity contribution in [3.8, 4) is 0 Å². The minimum absolute atomic E-state index is 0.137. The van der Waals surface area contributed by atoms with Gasteiger partial charge in [-0.2, -0.15) is 0 Å². The van der Waals surface area contributed by atoms with Crippen LogP contribution in [0.1, 0.15) is 25.3 Å². The lowest BCUT2D eigenvalue weighted by molar-refractivity contribution is -0.150. The zero-order chi connectivity index (χ0) is 14.5. The number of rotatable bonds is 4. The molecule has 0 unspecified atom stereocenters. The lowest BCUT2D eigenvalue weighted by Gasteiger charge is -2.31. The second-order valence-corrected chi connectivity index (χ2v) is 5.10. The van der Waals surface area contributed by atoms with Crippen molar-refractivity contribution in [2.24, 2.45) is 5.92 Å².